The molecule has 2 aliphatic rings. The fourth-order valence-electron chi connectivity index (χ4n) is 2.93. The monoisotopic (exact) mass is 278 g/mol. The highest BCUT2D eigenvalue weighted by atomic mass is 16.5. The Morgan fingerprint density at radius 1 is 1.55 bits per heavy atom. The normalized spacial score (nSPS) is 23.8. The molecule has 0 bridgehead atoms. The van der Waals surface area contributed by atoms with Gasteiger partial charge in [0.05, 0.1) is 6.04 Å². The van der Waals surface area contributed by atoms with Crippen LogP contribution in [-0.4, -0.2) is 29.1 Å². The van der Waals surface area contributed by atoms with E-state index in [4.69, 9.17) is 4.52 Å². The summed E-state index contributed by atoms with van der Waals surface area (Å²) >= 11 is 0. The molecule has 0 aromatic carbocycles. The van der Waals surface area contributed by atoms with Gasteiger partial charge < -0.3 is 15.2 Å². The molecule has 2 heterocycles. The van der Waals surface area contributed by atoms with Crippen molar-refractivity contribution in [3.05, 3.63) is 11.7 Å². The maximum atomic E-state index is 12.0. The van der Waals surface area contributed by atoms with Crippen molar-refractivity contribution in [2.24, 2.45) is 5.41 Å². The third-order valence-corrected chi connectivity index (χ3v) is 4.36. The number of nitrogens with zero attached hydrogens (tertiary/aromatic N) is 2. The number of amides is 1. The van der Waals surface area contributed by atoms with Crippen LogP contribution in [-0.2, 0) is 0 Å². The molecule has 6 heteroatoms. The molecule has 110 valence electrons. The number of hydrogen-bond donors (Lipinski definition) is 2. The number of rotatable bonds is 6. The molecule has 1 aliphatic carbocycles. The Hall–Kier alpha value is -1.43. The first-order valence-corrected chi connectivity index (χ1v) is 7.58. The van der Waals surface area contributed by atoms with E-state index in [-0.39, 0.29) is 17.8 Å². The van der Waals surface area contributed by atoms with E-state index < -0.39 is 0 Å². The lowest BCUT2D eigenvalue weighted by Gasteiger charge is -2.13. The van der Waals surface area contributed by atoms with E-state index in [0.29, 0.717) is 11.3 Å². The Morgan fingerprint density at radius 2 is 2.40 bits per heavy atom. The number of hydrogen-bond acceptors (Lipinski definition) is 5. The lowest BCUT2D eigenvalue weighted by Crippen LogP contribution is -2.31. The largest absolute Gasteiger partial charge is 0.349 e. The molecule has 1 aromatic rings. The molecule has 1 unspecified atom stereocenters. The summed E-state index contributed by atoms with van der Waals surface area (Å²) in [6, 6.07) is 0.110. The maximum absolute atomic E-state index is 12.0. The lowest BCUT2D eigenvalue weighted by atomic mass is 10.0. The van der Waals surface area contributed by atoms with Gasteiger partial charge in [0.2, 0.25) is 5.89 Å². The minimum absolute atomic E-state index is 0.110. The highest BCUT2D eigenvalue weighted by Crippen LogP contribution is 2.48. The molecule has 20 heavy (non-hydrogen) atoms. The first-order chi connectivity index (χ1) is 9.72. The van der Waals surface area contributed by atoms with E-state index in [0.717, 1.165) is 32.4 Å². The van der Waals surface area contributed by atoms with Gasteiger partial charge in [-0.25, -0.2) is 0 Å². The Labute approximate surface area is 118 Å². The van der Waals surface area contributed by atoms with Gasteiger partial charge in [0.25, 0.3) is 11.7 Å². The van der Waals surface area contributed by atoms with Gasteiger partial charge in [-0.15, -0.1) is 0 Å². The van der Waals surface area contributed by atoms with Crippen LogP contribution in [0.2, 0.25) is 0 Å². The molecule has 6 nitrogen and oxygen atoms in total. The number of carbonyl (C=O) groups excluding carboxylic acids is 1. The molecule has 2 N–H and O–H groups in total. The SMILES string of the molecule is CCCC1(CNC(=O)c2noc(C3CCCN3)n2)CC1. The molecule has 0 radical (unpaired) electrons. The van der Waals surface area contributed by atoms with Gasteiger partial charge in [-0.3, -0.25) is 4.79 Å². The van der Waals surface area contributed by atoms with Crippen molar-refractivity contribution < 1.29 is 9.32 Å². The van der Waals surface area contributed by atoms with Crippen LogP contribution in [0.25, 0.3) is 0 Å². The third-order valence-electron chi connectivity index (χ3n) is 4.36. The standard InChI is InChI=1S/C14H22N4O2/c1-2-5-14(6-7-14)9-16-12(19)11-17-13(20-18-11)10-4-3-8-15-10/h10,15H,2-9H2,1H3,(H,16,19). The van der Waals surface area contributed by atoms with E-state index in [1.807, 2.05) is 0 Å². The van der Waals surface area contributed by atoms with Gasteiger partial charge >= 0.3 is 0 Å². The van der Waals surface area contributed by atoms with Crippen molar-refractivity contribution in [1.82, 2.24) is 20.8 Å². The second-order valence-corrected chi connectivity index (χ2v) is 6.04. The first kappa shape index (κ1) is 13.5. The van der Waals surface area contributed by atoms with Crippen molar-refractivity contribution in [1.29, 1.82) is 0 Å². The minimum Gasteiger partial charge on any atom is -0.349 e. The average Bonchev–Trinajstić information content (AvgIpc) is 2.89. The zero-order valence-electron chi connectivity index (χ0n) is 11.9. The summed E-state index contributed by atoms with van der Waals surface area (Å²) in [5.74, 6) is 0.462. The third kappa shape index (κ3) is 2.85. The summed E-state index contributed by atoms with van der Waals surface area (Å²) in [6.07, 6.45) is 6.86. The molecule has 1 saturated carbocycles. The van der Waals surface area contributed by atoms with Crippen LogP contribution < -0.4 is 10.6 Å². The van der Waals surface area contributed by atoms with Crippen LogP contribution in [0, 0.1) is 5.41 Å². The fraction of sp³-hybridized carbons (Fsp3) is 0.786. The molecule has 1 amide bonds. The summed E-state index contributed by atoms with van der Waals surface area (Å²) in [6.45, 7) is 3.88. The van der Waals surface area contributed by atoms with E-state index in [2.05, 4.69) is 27.7 Å². The molecule has 3 rings (SSSR count). The van der Waals surface area contributed by atoms with Crippen molar-refractivity contribution in [2.45, 2.75) is 51.5 Å². The van der Waals surface area contributed by atoms with Crippen LogP contribution in [0.3, 0.4) is 0 Å². The number of carbonyl (C=O) groups is 1. The summed E-state index contributed by atoms with van der Waals surface area (Å²) in [4.78, 5) is 16.2. The topological polar surface area (TPSA) is 80.0 Å². The zero-order valence-corrected chi connectivity index (χ0v) is 11.9. The predicted molar refractivity (Wildman–Crippen MR) is 73.2 cm³/mol. The van der Waals surface area contributed by atoms with Crippen molar-refractivity contribution in [3.8, 4) is 0 Å². The molecule has 1 aromatic heterocycles. The fourth-order valence-corrected chi connectivity index (χ4v) is 2.93. The van der Waals surface area contributed by atoms with Gasteiger partial charge in [-0.1, -0.05) is 18.5 Å². The summed E-state index contributed by atoms with van der Waals surface area (Å²) in [5.41, 5.74) is 0.337. The lowest BCUT2D eigenvalue weighted by molar-refractivity contribution is 0.0930. The summed E-state index contributed by atoms with van der Waals surface area (Å²) < 4.78 is 5.18. The highest BCUT2D eigenvalue weighted by molar-refractivity contribution is 5.90. The summed E-state index contributed by atoms with van der Waals surface area (Å²) in [5, 5.41) is 10.0. The van der Waals surface area contributed by atoms with Gasteiger partial charge in [-0.2, -0.15) is 4.98 Å². The van der Waals surface area contributed by atoms with Crippen LogP contribution in [0.1, 0.15) is 68.0 Å². The second-order valence-electron chi connectivity index (χ2n) is 6.04. The van der Waals surface area contributed by atoms with E-state index in [1.54, 1.807) is 0 Å². The molecule has 0 spiro atoms. The van der Waals surface area contributed by atoms with Gasteiger partial charge in [0.1, 0.15) is 0 Å². The molecule has 1 saturated heterocycles. The Morgan fingerprint density at radius 3 is 3.05 bits per heavy atom. The molecular formula is C14H22N4O2. The van der Waals surface area contributed by atoms with Gasteiger partial charge in [0, 0.05) is 6.54 Å². The number of aromatic nitrogens is 2. The summed E-state index contributed by atoms with van der Waals surface area (Å²) in [7, 11) is 0. The second kappa shape index (κ2) is 5.52. The van der Waals surface area contributed by atoms with E-state index in [1.165, 1.54) is 19.3 Å². The first-order valence-electron chi connectivity index (χ1n) is 7.58. The van der Waals surface area contributed by atoms with Crippen molar-refractivity contribution >= 4 is 5.91 Å². The quantitative estimate of drug-likeness (QED) is 0.829. The smallest absolute Gasteiger partial charge is 0.292 e. The molecule has 2 fully saturated rings. The maximum Gasteiger partial charge on any atom is 0.292 e. The van der Waals surface area contributed by atoms with E-state index >= 15 is 0 Å². The van der Waals surface area contributed by atoms with Crippen LogP contribution in [0.4, 0.5) is 0 Å². The highest BCUT2D eigenvalue weighted by Gasteiger charge is 2.41. The molecular weight excluding hydrogens is 256 g/mol. The average molecular weight is 278 g/mol. The van der Waals surface area contributed by atoms with Crippen molar-refractivity contribution in [3.63, 3.8) is 0 Å². The predicted octanol–water partition coefficient (Wildman–Crippen LogP) is 1.80. The van der Waals surface area contributed by atoms with Gasteiger partial charge in [0.15, 0.2) is 0 Å². The Kier molecular flexibility index (Phi) is 3.74. The van der Waals surface area contributed by atoms with Gasteiger partial charge in [-0.05, 0) is 44.1 Å². The Balaban J connectivity index is 1.54. The van der Waals surface area contributed by atoms with Crippen LogP contribution in [0.5, 0.6) is 0 Å². The van der Waals surface area contributed by atoms with Crippen LogP contribution >= 0.6 is 0 Å². The number of nitrogens with one attached hydrogen (secondary N) is 2. The zero-order chi connectivity index (χ0) is 14.0. The molecule has 1 atom stereocenters. The Bertz CT molecular complexity index is 475. The van der Waals surface area contributed by atoms with Crippen LogP contribution in [0.15, 0.2) is 4.52 Å². The van der Waals surface area contributed by atoms with Crippen molar-refractivity contribution in [2.75, 3.05) is 13.1 Å². The minimum atomic E-state index is -0.222. The van der Waals surface area contributed by atoms with E-state index in [9.17, 15) is 4.79 Å². The molecule has 1 aliphatic heterocycles.